The van der Waals surface area contributed by atoms with Crippen molar-refractivity contribution >= 4 is 28.8 Å². The molecule has 1 N–H and O–H groups in total. The molecule has 2 heterocycles. The molecule has 0 spiro atoms. The van der Waals surface area contributed by atoms with Gasteiger partial charge >= 0.3 is 0 Å². The summed E-state index contributed by atoms with van der Waals surface area (Å²) in [6.07, 6.45) is 7.35. The second-order valence-corrected chi connectivity index (χ2v) is 8.72. The van der Waals surface area contributed by atoms with E-state index in [1.165, 1.54) is 5.56 Å². The highest BCUT2D eigenvalue weighted by atomic mass is 35.5. The normalized spacial score (nSPS) is 28.2. The molecular formula is C21H20ClNO2S. The molecule has 3 nitrogen and oxygen atoms in total. The van der Waals surface area contributed by atoms with Gasteiger partial charge in [-0.15, -0.1) is 0 Å². The summed E-state index contributed by atoms with van der Waals surface area (Å²) in [6.45, 7) is 0.537. The highest BCUT2D eigenvalue weighted by Gasteiger charge is 2.40. The first-order valence-corrected chi connectivity index (χ1v) is 10.5. The van der Waals surface area contributed by atoms with Crippen LogP contribution in [-0.4, -0.2) is 18.6 Å². The van der Waals surface area contributed by atoms with Gasteiger partial charge in [0.15, 0.2) is 0 Å². The van der Waals surface area contributed by atoms with Gasteiger partial charge in [0, 0.05) is 17.9 Å². The highest BCUT2D eigenvalue weighted by molar-refractivity contribution is 7.08. The van der Waals surface area contributed by atoms with Gasteiger partial charge < -0.3 is 10.1 Å². The lowest BCUT2D eigenvalue weighted by Crippen LogP contribution is -2.39. The lowest BCUT2D eigenvalue weighted by atomic mass is 9.93. The number of hydrogen-bond acceptors (Lipinski definition) is 3. The number of carbonyl (C=O) groups excluding carboxylic acids is 1. The van der Waals surface area contributed by atoms with Gasteiger partial charge in [0.25, 0.3) is 0 Å². The van der Waals surface area contributed by atoms with Crippen LogP contribution in [0.3, 0.4) is 0 Å². The number of amides is 1. The minimum absolute atomic E-state index is 0.0432. The van der Waals surface area contributed by atoms with Crippen molar-refractivity contribution in [3.63, 3.8) is 0 Å². The SMILES string of the molecule is O=C(NC[C@H]1Cc2cc(-c3ccsc3)cc(Cl)c2O1)[C@@H]1C[C@@H]2C=C[C@H]1C2. The fourth-order valence-electron chi connectivity index (χ4n) is 4.52. The summed E-state index contributed by atoms with van der Waals surface area (Å²) < 4.78 is 6.03. The molecule has 1 aromatic heterocycles. The van der Waals surface area contributed by atoms with Crippen molar-refractivity contribution in [2.45, 2.75) is 25.4 Å². The summed E-state index contributed by atoms with van der Waals surface area (Å²) in [7, 11) is 0. The van der Waals surface area contributed by atoms with Gasteiger partial charge in [0.05, 0.1) is 11.6 Å². The van der Waals surface area contributed by atoms with E-state index in [0.717, 1.165) is 36.1 Å². The molecule has 2 bridgehead atoms. The molecule has 1 amide bonds. The number of thiophene rings is 1. The van der Waals surface area contributed by atoms with E-state index in [4.69, 9.17) is 16.3 Å². The Balaban J connectivity index is 1.24. The van der Waals surface area contributed by atoms with Crippen LogP contribution in [0.1, 0.15) is 18.4 Å². The number of ether oxygens (including phenoxy) is 1. The molecule has 4 atom stereocenters. The third kappa shape index (κ3) is 2.85. The number of rotatable bonds is 4. The van der Waals surface area contributed by atoms with E-state index in [9.17, 15) is 4.79 Å². The topological polar surface area (TPSA) is 38.3 Å². The van der Waals surface area contributed by atoms with Gasteiger partial charge in [0.1, 0.15) is 11.9 Å². The van der Waals surface area contributed by atoms with Crippen LogP contribution in [0.2, 0.25) is 5.02 Å². The summed E-state index contributed by atoms with van der Waals surface area (Å²) in [5, 5.41) is 7.94. The van der Waals surface area contributed by atoms with E-state index < -0.39 is 0 Å². The maximum absolute atomic E-state index is 12.5. The molecule has 1 aliphatic heterocycles. The van der Waals surface area contributed by atoms with E-state index in [1.807, 2.05) is 6.07 Å². The summed E-state index contributed by atoms with van der Waals surface area (Å²) in [4.78, 5) is 12.5. The van der Waals surface area contributed by atoms with Crippen LogP contribution in [-0.2, 0) is 11.2 Å². The third-order valence-electron chi connectivity index (χ3n) is 5.83. The zero-order valence-corrected chi connectivity index (χ0v) is 15.9. The number of halogens is 1. The molecule has 2 aromatic rings. The molecule has 2 aliphatic carbocycles. The average Bonchev–Trinajstić information content (AvgIpc) is 3.43. The second kappa shape index (κ2) is 6.43. The zero-order chi connectivity index (χ0) is 17.7. The van der Waals surface area contributed by atoms with Gasteiger partial charge in [-0.3, -0.25) is 4.79 Å². The lowest BCUT2D eigenvalue weighted by Gasteiger charge is -2.19. The summed E-state index contributed by atoms with van der Waals surface area (Å²) in [5.74, 6) is 2.13. The lowest BCUT2D eigenvalue weighted by molar-refractivity contribution is -0.126. The molecule has 0 radical (unpaired) electrons. The Hall–Kier alpha value is -1.78. The van der Waals surface area contributed by atoms with Crippen LogP contribution < -0.4 is 10.1 Å². The Morgan fingerprint density at radius 1 is 1.27 bits per heavy atom. The summed E-state index contributed by atoms with van der Waals surface area (Å²) in [5.41, 5.74) is 3.43. The van der Waals surface area contributed by atoms with Crippen molar-refractivity contribution in [1.29, 1.82) is 0 Å². The van der Waals surface area contributed by atoms with Crippen LogP contribution >= 0.6 is 22.9 Å². The minimum Gasteiger partial charge on any atom is -0.486 e. The molecule has 26 heavy (non-hydrogen) atoms. The first-order valence-electron chi connectivity index (χ1n) is 9.15. The van der Waals surface area contributed by atoms with E-state index in [1.54, 1.807) is 11.3 Å². The van der Waals surface area contributed by atoms with Gasteiger partial charge in [-0.2, -0.15) is 11.3 Å². The molecule has 0 unspecified atom stereocenters. The van der Waals surface area contributed by atoms with E-state index >= 15 is 0 Å². The van der Waals surface area contributed by atoms with Gasteiger partial charge in [-0.05, 0) is 64.8 Å². The Labute approximate surface area is 162 Å². The fraction of sp³-hybridized carbons (Fsp3) is 0.381. The molecule has 5 rings (SSSR count). The molecule has 0 saturated heterocycles. The number of allylic oxidation sites excluding steroid dienone is 2. The number of hydrogen-bond donors (Lipinski definition) is 1. The first-order chi connectivity index (χ1) is 12.7. The number of fused-ring (bicyclic) bond motifs is 3. The monoisotopic (exact) mass is 385 g/mol. The summed E-state index contributed by atoms with van der Waals surface area (Å²) in [6, 6.07) is 6.22. The number of nitrogens with one attached hydrogen (secondary N) is 1. The smallest absolute Gasteiger partial charge is 0.223 e. The van der Waals surface area contributed by atoms with E-state index in [0.29, 0.717) is 23.4 Å². The van der Waals surface area contributed by atoms with E-state index in [2.05, 4.69) is 40.4 Å². The highest BCUT2D eigenvalue weighted by Crippen LogP contribution is 2.43. The van der Waals surface area contributed by atoms with Gasteiger partial charge in [-0.25, -0.2) is 0 Å². The van der Waals surface area contributed by atoms with Crippen molar-refractivity contribution < 1.29 is 9.53 Å². The van der Waals surface area contributed by atoms with Crippen LogP contribution in [0.15, 0.2) is 41.1 Å². The predicted octanol–water partition coefficient (Wildman–Crippen LogP) is 4.70. The molecular weight excluding hydrogens is 366 g/mol. The van der Waals surface area contributed by atoms with Crippen LogP contribution in [0.25, 0.3) is 11.1 Å². The van der Waals surface area contributed by atoms with Crippen LogP contribution in [0.4, 0.5) is 0 Å². The molecule has 1 fully saturated rings. The molecule has 1 aromatic carbocycles. The number of benzene rings is 1. The molecule has 3 aliphatic rings. The molecule has 5 heteroatoms. The maximum Gasteiger partial charge on any atom is 0.223 e. The summed E-state index contributed by atoms with van der Waals surface area (Å²) >= 11 is 8.13. The quantitative estimate of drug-likeness (QED) is 0.774. The van der Waals surface area contributed by atoms with Gasteiger partial charge in [-0.1, -0.05) is 23.8 Å². The zero-order valence-electron chi connectivity index (χ0n) is 14.3. The second-order valence-electron chi connectivity index (χ2n) is 7.53. The van der Waals surface area contributed by atoms with Crippen molar-refractivity contribution in [3.8, 4) is 16.9 Å². The Morgan fingerprint density at radius 3 is 2.92 bits per heavy atom. The number of carbonyl (C=O) groups is 1. The van der Waals surface area contributed by atoms with Crippen molar-refractivity contribution in [2.24, 2.45) is 17.8 Å². The standard InChI is InChI=1S/C21H20ClNO2S/c22-19-9-15(14-3-4-26-11-14)7-16-8-17(25-20(16)19)10-23-21(24)18-6-12-1-2-13(18)5-12/h1-4,7,9,11-13,17-18H,5-6,8,10H2,(H,23,24)/t12-,13+,17-,18-/m1/s1. The van der Waals surface area contributed by atoms with Gasteiger partial charge in [0.2, 0.25) is 5.91 Å². The van der Waals surface area contributed by atoms with Crippen molar-refractivity contribution in [1.82, 2.24) is 5.32 Å². The molecule has 134 valence electrons. The Kier molecular flexibility index (Phi) is 4.06. The third-order valence-corrected chi connectivity index (χ3v) is 6.79. The molecule has 1 saturated carbocycles. The average molecular weight is 386 g/mol. The predicted molar refractivity (Wildman–Crippen MR) is 105 cm³/mol. The first kappa shape index (κ1) is 16.4. The Bertz CT molecular complexity index is 876. The minimum atomic E-state index is -0.0432. The Morgan fingerprint density at radius 2 is 2.19 bits per heavy atom. The maximum atomic E-state index is 12.5. The fourth-order valence-corrected chi connectivity index (χ4v) is 5.47. The van der Waals surface area contributed by atoms with Crippen LogP contribution in [0.5, 0.6) is 5.75 Å². The van der Waals surface area contributed by atoms with Crippen LogP contribution in [0, 0.1) is 17.8 Å². The van der Waals surface area contributed by atoms with E-state index in [-0.39, 0.29) is 17.9 Å². The van der Waals surface area contributed by atoms with Crippen molar-refractivity contribution in [3.05, 3.63) is 51.7 Å². The van der Waals surface area contributed by atoms with Crippen molar-refractivity contribution in [2.75, 3.05) is 6.54 Å². The largest absolute Gasteiger partial charge is 0.486 e.